The minimum Gasteiger partial charge on any atom is -0.477 e. The van der Waals surface area contributed by atoms with Gasteiger partial charge in [0.1, 0.15) is 10.4 Å². The van der Waals surface area contributed by atoms with Crippen molar-refractivity contribution >= 4 is 35.0 Å². The highest BCUT2D eigenvalue weighted by Gasteiger charge is 2.28. The predicted molar refractivity (Wildman–Crippen MR) is 70.0 cm³/mol. The predicted octanol–water partition coefficient (Wildman–Crippen LogP) is 2.37. The molecule has 0 amide bonds. The lowest BCUT2D eigenvalue weighted by Gasteiger charge is -2.23. The number of benzene rings is 1. The molecule has 0 aromatic heterocycles. The van der Waals surface area contributed by atoms with Gasteiger partial charge in [-0.05, 0) is 24.6 Å². The first kappa shape index (κ1) is 12.3. The van der Waals surface area contributed by atoms with E-state index < -0.39 is 11.5 Å². The molecule has 90 valence electrons. The van der Waals surface area contributed by atoms with Crippen molar-refractivity contribution < 1.29 is 9.90 Å². The van der Waals surface area contributed by atoms with E-state index >= 15 is 0 Å². The Morgan fingerprint density at radius 2 is 2.29 bits per heavy atom. The van der Waals surface area contributed by atoms with Gasteiger partial charge in [0.15, 0.2) is 0 Å². The van der Waals surface area contributed by atoms with E-state index in [4.69, 9.17) is 22.4 Å². The molecule has 1 aromatic rings. The van der Waals surface area contributed by atoms with Crippen molar-refractivity contribution in [3.63, 3.8) is 0 Å². The lowest BCUT2D eigenvalue weighted by atomic mass is 10.2. The number of carboxylic acid groups (broad SMARTS) is 1. The molecule has 0 aliphatic carbocycles. The normalized spacial score (nSPS) is 19.4. The summed E-state index contributed by atoms with van der Waals surface area (Å²) in [7, 11) is 0. The van der Waals surface area contributed by atoms with Gasteiger partial charge >= 0.3 is 5.97 Å². The molecule has 2 rings (SSSR count). The van der Waals surface area contributed by atoms with Crippen LogP contribution in [0.15, 0.2) is 29.3 Å². The quantitative estimate of drug-likeness (QED) is 0.864. The van der Waals surface area contributed by atoms with Gasteiger partial charge in [0, 0.05) is 16.9 Å². The summed E-state index contributed by atoms with van der Waals surface area (Å²) in [4.78, 5) is 12.8. The summed E-state index contributed by atoms with van der Waals surface area (Å²) in [6.07, 6.45) is 1.54. The lowest BCUT2D eigenvalue weighted by Crippen LogP contribution is -2.32. The van der Waals surface area contributed by atoms with Crippen LogP contribution in [0.3, 0.4) is 0 Å². The van der Waals surface area contributed by atoms with Crippen molar-refractivity contribution in [1.82, 2.24) is 0 Å². The number of hydrogen-bond donors (Lipinski definition) is 2. The molecule has 1 atom stereocenters. The number of rotatable bonds is 2. The molecule has 0 fully saturated rings. The number of nitrogens with zero attached hydrogens (tertiary/aromatic N) is 1. The molecule has 4 nitrogen and oxygen atoms in total. The third-order valence-electron chi connectivity index (χ3n) is 2.51. The summed E-state index contributed by atoms with van der Waals surface area (Å²) in [5, 5.41) is 9.56. The lowest BCUT2D eigenvalue weighted by molar-refractivity contribution is -0.131. The van der Waals surface area contributed by atoms with E-state index in [-0.39, 0.29) is 4.91 Å². The van der Waals surface area contributed by atoms with Gasteiger partial charge in [-0.2, -0.15) is 0 Å². The van der Waals surface area contributed by atoms with Crippen molar-refractivity contribution in [3.8, 4) is 0 Å². The summed E-state index contributed by atoms with van der Waals surface area (Å²) < 4.78 is 0. The van der Waals surface area contributed by atoms with Crippen LogP contribution in [0.1, 0.15) is 5.56 Å². The second-order valence-electron chi connectivity index (χ2n) is 3.60. The minimum absolute atomic E-state index is 0.233. The zero-order chi connectivity index (χ0) is 12.6. The number of carboxylic acids is 1. The standard InChI is InChI=1S/C11H11ClN2O2S/c1-6-7(12)3-2-4-8(6)14-5-9(10(15)16)17-11(14)13/h2-5,11H,13H2,1H3,(H,15,16). The third kappa shape index (κ3) is 2.26. The highest BCUT2D eigenvalue weighted by molar-refractivity contribution is 8.04. The first-order valence-electron chi connectivity index (χ1n) is 4.91. The smallest absolute Gasteiger partial charge is 0.343 e. The fourth-order valence-electron chi connectivity index (χ4n) is 1.61. The molecule has 0 bridgehead atoms. The van der Waals surface area contributed by atoms with E-state index in [1.165, 1.54) is 6.20 Å². The van der Waals surface area contributed by atoms with Gasteiger partial charge < -0.3 is 15.7 Å². The summed E-state index contributed by atoms with van der Waals surface area (Å²) in [6.45, 7) is 1.88. The number of anilines is 1. The number of nitrogens with two attached hydrogens (primary N) is 1. The maximum absolute atomic E-state index is 10.9. The molecule has 1 aliphatic heterocycles. The van der Waals surface area contributed by atoms with Crippen LogP contribution in [-0.4, -0.2) is 16.6 Å². The summed E-state index contributed by atoms with van der Waals surface area (Å²) in [5.41, 5.74) is 7.17. The van der Waals surface area contributed by atoms with Gasteiger partial charge in [-0.1, -0.05) is 29.4 Å². The average molecular weight is 271 g/mol. The Balaban J connectivity index is 2.41. The number of thioether (sulfide) groups is 1. The van der Waals surface area contributed by atoms with Crippen LogP contribution >= 0.6 is 23.4 Å². The van der Waals surface area contributed by atoms with Gasteiger partial charge in [0.05, 0.1) is 0 Å². The Labute approximate surface area is 108 Å². The zero-order valence-corrected chi connectivity index (χ0v) is 10.6. The van der Waals surface area contributed by atoms with Crippen LogP contribution < -0.4 is 10.6 Å². The van der Waals surface area contributed by atoms with Crippen molar-refractivity contribution in [1.29, 1.82) is 0 Å². The largest absolute Gasteiger partial charge is 0.477 e. The second-order valence-corrected chi connectivity index (χ2v) is 5.16. The molecule has 1 unspecified atom stereocenters. The molecular formula is C11H11ClN2O2S. The fraction of sp³-hybridized carbons (Fsp3) is 0.182. The van der Waals surface area contributed by atoms with Crippen LogP contribution in [0.25, 0.3) is 0 Å². The van der Waals surface area contributed by atoms with Crippen molar-refractivity contribution in [2.45, 2.75) is 12.4 Å². The van der Waals surface area contributed by atoms with Gasteiger partial charge in [0.2, 0.25) is 0 Å². The van der Waals surface area contributed by atoms with E-state index in [1.807, 2.05) is 19.1 Å². The Hall–Kier alpha value is -1.17. The molecule has 17 heavy (non-hydrogen) atoms. The molecular weight excluding hydrogens is 260 g/mol. The first-order chi connectivity index (χ1) is 8.00. The van der Waals surface area contributed by atoms with E-state index in [2.05, 4.69) is 0 Å². The number of halogens is 1. The SMILES string of the molecule is Cc1c(Cl)cccc1N1C=C(C(=O)O)SC1N. The van der Waals surface area contributed by atoms with Gasteiger partial charge in [0.25, 0.3) is 0 Å². The van der Waals surface area contributed by atoms with Crippen LogP contribution in [0.4, 0.5) is 5.69 Å². The summed E-state index contributed by atoms with van der Waals surface area (Å²) in [6, 6.07) is 5.47. The number of aliphatic carboxylic acids is 1. The number of hydrogen-bond acceptors (Lipinski definition) is 4. The van der Waals surface area contributed by atoms with Crippen LogP contribution in [0.2, 0.25) is 5.02 Å². The first-order valence-corrected chi connectivity index (χ1v) is 6.17. The van der Waals surface area contributed by atoms with Crippen molar-refractivity contribution in [3.05, 3.63) is 39.9 Å². The maximum Gasteiger partial charge on any atom is 0.343 e. The summed E-state index contributed by atoms with van der Waals surface area (Å²) >= 11 is 7.14. The van der Waals surface area contributed by atoms with E-state index in [0.29, 0.717) is 5.02 Å². The van der Waals surface area contributed by atoms with Gasteiger partial charge in [-0.3, -0.25) is 0 Å². The molecule has 1 heterocycles. The Kier molecular flexibility index (Phi) is 3.33. The molecule has 6 heteroatoms. The molecule has 1 aliphatic rings. The Bertz CT molecular complexity index is 504. The highest BCUT2D eigenvalue weighted by atomic mass is 35.5. The highest BCUT2D eigenvalue weighted by Crippen LogP contribution is 2.36. The van der Waals surface area contributed by atoms with Crippen LogP contribution in [-0.2, 0) is 4.79 Å². The second kappa shape index (κ2) is 4.60. The van der Waals surface area contributed by atoms with Crippen LogP contribution in [0.5, 0.6) is 0 Å². The third-order valence-corrected chi connectivity index (χ3v) is 3.92. The van der Waals surface area contributed by atoms with Crippen molar-refractivity contribution in [2.75, 3.05) is 4.90 Å². The van der Waals surface area contributed by atoms with E-state index in [0.717, 1.165) is 23.0 Å². The van der Waals surface area contributed by atoms with Crippen LogP contribution in [0, 0.1) is 6.92 Å². The zero-order valence-electron chi connectivity index (χ0n) is 9.05. The summed E-state index contributed by atoms with van der Waals surface area (Å²) in [5.74, 6) is -0.965. The van der Waals surface area contributed by atoms with E-state index in [1.54, 1.807) is 11.0 Å². The minimum atomic E-state index is -0.965. The van der Waals surface area contributed by atoms with E-state index in [9.17, 15) is 4.79 Å². The molecule has 0 saturated heterocycles. The molecule has 3 N–H and O–H groups in total. The Morgan fingerprint density at radius 3 is 2.88 bits per heavy atom. The molecule has 0 radical (unpaired) electrons. The fourth-order valence-corrected chi connectivity index (χ4v) is 2.60. The molecule has 1 aromatic carbocycles. The molecule has 0 spiro atoms. The Morgan fingerprint density at radius 1 is 1.59 bits per heavy atom. The topological polar surface area (TPSA) is 66.6 Å². The number of carbonyl (C=O) groups is 1. The monoisotopic (exact) mass is 270 g/mol. The van der Waals surface area contributed by atoms with Crippen molar-refractivity contribution in [2.24, 2.45) is 5.73 Å². The van der Waals surface area contributed by atoms with Gasteiger partial charge in [-0.25, -0.2) is 4.79 Å². The van der Waals surface area contributed by atoms with Gasteiger partial charge in [-0.15, -0.1) is 0 Å². The molecule has 0 saturated carbocycles. The maximum atomic E-state index is 10.9. The average Bonchev–Trinajstić information content (AvgIpc) is 2.65.